The zero-order valence-corrected chi connectivity index (χ0v) is 14.7. The van der Waals surface area contributed by atoms with Crippen LogP contribution in [-0.4, -0.2) is 65.1 Å². The molecule has 0 bridgehead atoms. The summed E-state index contributed by atoms with van der Waals surface area (Å²) >= 11 is 0. The van der Waals surface area contributed by atoms with Gasteiger partial charge in [0.2, 0.25) is 0 Å². The van der Waals surface area contributed by atoms with Crippen molar-refractivity contribution in [3.8, 4) is 0 Å². The molecule has 0 aliphatic rings. The van der Waals surface area contributed by atoms with E-state index < -0.39 is 23.7 Å². The van der Waals surface area contributed by atoms with Crippen molar-refractivity contribution < 1.29 is 24.5 Å². The molecule has 0 fully saturated rings. The van der Waals surface area contributed by atoms with Crippen molar-refractivity contribution in [3.63, 3.8) is 0 Å². The first-order valence-electron chi connectivity index (χ1n) is 7.66. The molecule has 0 aromatic heterocycles. The van der Waals surface area contributed by atoms with E-state index in [0.29, 0.717) is 0 Å². The Morgan fingerprint density at radius 2 is 1.59 bits per heavy atom. The number of alkyl carbamates (subject to hydrolysis) is 1. The van der Waals surface area contributed by atoms with Crippen molar-refractivity contribution in [1.29, 1.82) is 0 Å². The van der Waals surface area contributed by atoms with E-state index in [1.807, 2.05) is 0 Å². The Hall–Kier alpha value is -1.34. The van der Waals surface area contributed by atoms with E-state index in [-0.39, 0.29) is 13.0 Å². The minimum Gasteiger partial charge on any atom is -0.480 e. The Morgan fingerprint density at radius 3 is 1.82 bits per heavy atom. The molecule has 22 heavy (non-hydrogen) atoms. The number of hydrogen-bond donors (Lipinski definition) is 3. The van der Waals surface area contributed by atoms with Gasteiger partial charge in [-0.05, 0) is 40.4 Å². The zero-order chi connectivity index (χ0) is 17.8. The second-order valence-electron chi connectivity index (χ2n) is 5.67. The maximum atomic E-state index is 11.2. The van der Waals surface area contributed by atoms with Gasteiger partial charge in [0.05, 0.1) is 0 Å². The normalized spacial score (nSPS) is 12.2. The third-order valence-corrected chi connectivity index (χ3v) is 2.75. The number of hydrogen-bond acceptors (Lipinski definition) is 5. The predicted molar refractivity (Wildman–Crippen MR) is 86.0 cm³/mol. The SMILES string of the molecule is CC(C)(C)OC(=O)N[C@@H](CCO)C(=O)O.CCN(CC)CC. The van der Waals surface area contributed by atoms with Crippen LogP contribution in [0.3, 0.4) is 0 Å². The summed E-state index contributed by atoms with van der Waals surface area (Å²) in [5, 5.41) is 19.4. The lowest BCUT2D eigenvalue weighted by Gasteiger charge is -2.21. The lowest BCUT2D eigenvalue weighted by molar-refractivity contribution is -0.139. The fourth-order valence-electron chi connectivity index (χ4n) is 1.51. The topological polar surface area (TPSA) is 99.1 Å². The van der Waals surface area contributed by atoms with Gasteiger partial charge >= 0.3 is 12.1 Å². The first-order valence-corrected chi connectivity index (χ1v) is 7.66. The van der Waals surface area contributed by atoms with Crippen LogP contribution in [0.25, 0.3) is 0 Å². The van der Waals surface area contributed by atoms with Gasteiger partial charge in [-0.1, -0.05) is 20.8 Å². The summed E-state index contributed by atoms with van der Waals surface area (Å²) in [4.78, 5) is 24.2. The lowest BCUT2D eigenvalue weighted by Crippen LogP contribution is -2.43. The molecule has 0 spiro atoms. The highest BCUT2D eigenvalue weighted by Crippen LogP contribution is 2.07. The highest BCUT2D eigenvalue weighted by atomic mass is 16.6. The fraction of sp³-hybridized carbons (Fsp3) is 0.867. The van der Waals surface area contributed by atoms with Crippen LogP contribution in [0.1, 0.15) is 48.0 Å². The number of carboxylic acid groups (broad SMARTS) is 1. The molecule has 7 nitrogen and oxygen atoms in total. The number of nitrogens with zero attached hydrogens (tertiary/aromatic N) is 1. The van der Waals surface area contributed by atoms with Crippen molar-refractivity contribution in [2.24, 2.45) is 0 Å². The van der Waals surface area contributed by atoms with Crippen molar-refractivity contribution >= 4 is 12.1 Å². The fourth-order valence-corrected chi connectivity index (χ4v) is 1.51. The zero-order valence-electron chi connectivity index (χ0n) is 14.7. The highest BCUT2D eigenvalue weighted by molar-refractivity contribution is 5.79. The van der Waals surface area contributed by atoms with Crippen LogP contribution >= 0.6 is 0 Å². The Balaban J connectivity index is 0. The summed E-state index contributed by atoms with van der Waals surface area (Å²) in [5.74, 6) is -1.20. The Labute approximate surface area is 133 Å². The van der Waals surface area contributed by atoms with E-state index in [1.165, 1.54) is 19.6 Å². The summed E-state index contributed by atoms with van der Waals surface area (Å²) in [5.41, 5.74) is -0.674. The molecule has 3 N–H and O–H groups in total. The average Bonchev–Trinajstić information content (AvgIpc) is 2.38. The van der Waals surface area contributed by atoms with Crippen LogP contribution in [0.15, 0.2) is 0 Å². The molecule has 0 saturated carbocycles. The van der Waals surface area contributed by atoms with Crippen molar-refractivity contribution in [1.82, 2.24) is 10.2 Å². The van der Waals surface area contributed by atoms with Gasteiger partial charge in [-0.15, -0.1) is 0 Å². The number of rotatable bonds is 7. The van der Waals surface area contributed by atoms with E-state index in [9.17, 15) is 9.59 Å². The van der Waals surface area contributed by atoms with Crippen LogP contribution in [0.2, 0.25) is 0 Å². The molecule has 7 heteroatoms. The van der Waals surface area contributed by atoms with Gasteiger partial charge < -0.3 is 25.2 Å². The van der Waals surface area contributed by atoms with Gasteiger partial charge in [-0.3, -0.25) is 0 Å². The summed E-state index contributed by atoms with van der Waals surface area (Å²) < 4.78 is 4.87. The summed E-state index contributed by atoms with van der Waals surface area (Å²) in [6.45, 7) is 14.8. The van der Waals surface area contributed by atoms with Crippen LogP contribution in [0, 0.1) is 0 Å². The van der Waals surface area contributed by atoms with Gasteiger partial charge in [0, 0.05) is 13.0 Å². The highest BCUT2D eigenvalue weighted by Gasteiger charge is 2.23. The molecule has 0 rings (SSSR count). The van der Waals surface area contributed by atoms with Crippen molar-refractivity contribution in [3.05, 3.63) is 0 Å². The maximum Gasteiger partial charge on any atom is 0.408 e. The van der Waals surface area contributed by atoms with Crippen LogP contribution in [0.5, 0.6) is 0 Å². The third kappa shape index (κ3) is 13.6. The van der Waals surface area contributed by atoms with Gasteiger partial charge in [0.15, 0.2) is 0 Å². The summed E-state index contributed by atoms with van der Waals surface area (Å²) in [6.07, 6.45) is -0.850. The Bertz CT molecular complexity index is 306. The molecule has 0 aromatic carbocycles. The molecular weight excluding hydrogens is 288 g/mol. The number of aliphatic carboxylic acids is 1. The monoisotopic (exact) mass is 320 g/mol. The standard InChI is InChI=1S/C9H17NO5.C6H15N/c1-9(2,3)15-8(14)10-6(4-5-11)7(12)13;1-4-7(5-2)6-3/h6,11H,4-5H2,1-3H3,(H,10,14)(H,12,13);4-6H2,1-3H3/t6-;/m0./s1. The Morgan fingerprint density at radius 1 is 1.14 bits per heavy atom. The largest absolute Gasteiger partial charge is 0.480 e. The number of carbonyl (C=O) groups is 2. The van der Waals surface area contributed by atoms with E-state index in [4.69, 9.17) is 14.9 Å². The van der Waals surface area contributed by atoms with Crippen LogP contribution in [-0.2, 0) is 9.53 Å². The summed E-state index contributed by atoms with van der Waals surface area (Å²) in [7, 11) is 0. The molecule has 0 saturated heterocycles. The van der Waals surface area contributed by atoms with E-state index in [2.05, 4.69) is 31.0 Å². The van der Waals surface area contributed by atoms with E-state index in [0.717, 1.165) is 0 Å². The van der Waals surface area contributed by atoms with Gasteiger partial charge in [-0.25, -0.2) is 9.59 Å². The first-order chi connectivity index (χ1) is 10.1. The number of carboxylic acids is 1. The van der Waals surface area contributed by atoms with Gasteiger partial charge in [0.25, 0.3) is 0 Å². The molecule has 0 heterocycles. The van der Waals surface area contributed by atoms with Crippen LogP contribution in [0.4, 0.5) is 4.79 Å². The van der Waals surface area contributed by atoms with E-state index in [1.54, 1.807) is 20.8 Å². The van der Waals surface area contributed by atoms with E-state index >= 15 is 0 Å². The molecule has 1 amide bonds. The number of carbonyl (C=O) groups excluding carboxylic acids is 1. The van der Waals surface area contributed by atoms with Gasteiger partial charge in [0.1, 0.15) is 11.6 Å². The van der Waals surface area contributed by atoms with Crippen LogP contribution < -0.4 is 5.32 Å². The first kappa shape index (κ1) is 22.9. The van der Waals surface area contributed by atoms with Gasteiger partial charge in [-0.2, -0.15) is 0 Å². The molecule has 0 aromatic rings. The second-order valence-corrected chi connectivity index (χ2v) is 5.67. The number of amides is 1. The average molecular weight is 320 g/mol. The minimum absolute atomic E-state index is 0.0470. The molecule has 0 aliphatic heterocycles. The molecule has 0 radical (unpaired) electrons. The molecule has 1 atom stereocenters. The number of aliphatic hydroxyl groups excluding tert-OH is 1. The molecular formula is C15H32N2O5. The van der Waals surface area contributed by atoms with Crippen molar-refractivity contribution in [2.75, 3.05) is 26.2 Å². The minimum atomic E-state index is -1.20. The smallest absolute Gasteiger partial charge is 0.408 e. The lowest BCUT2D eigenvalue weighted by atomic mass is 10.2. The number of nitrogens with one attached hydrogen (secondary N) is 1. The maximum absolute atomic E-state index is 11.2. The predicted octanol–water partition coefficient (Wildman–Crippen LogP) is 1.69. The third-order valence-electron chi connectivity index (χ3n) is 2.75. The molecule has 132 valence electrons. The quantitative estimate of drug-likeness (QED) is 0.660. The number of aliphatic hydroxyl groups is 1. The number of ether oxygens (including phenoxy) is 1. The van der Waals surface area contributed by atoms with Crippen molar-refractivity contribution in [2.45, 2.75) is 59.6 Å². The molecule has 0 unspecified atom stereocenters. The summed E-state index contributed by atoms with van der Waals surface area (Å²) in [6, 6.07) is -1.12. The second kappa shape index (κ2) is 12.2. The molecule has 0 aliphatic carbocycles. The Kier molecular flexibility index (Phi) is 12.7.